The molecule has 0 saturated heterocycles. The second-order valence-electron chi connectivity index (χ2n) is 6.46. The minimum absolute atomic E-state index is 0.162. The lowest BCUT2D eigenvalue weighted by molar-refractivity contribution is 0.0947. The average Bonchev–Trinajstić information content (AvgIpc) is 2.74. The SMILES string of the molecule is NC(=O)c1cc(COc2cccc(CCNC(=O)c3cccc(F)c3F)c2)ccn1. The van der Waals surface area contributed by atoms with Gasteiger partial charge in [0.05, 0.1) is 5.56 Å². The van der Waals surface area contributed by atoms with Crippen molar-refractivity contribution >= 4 is 11.8 Å². The Bertz CT molecular complexity index is 1070. The molecule has 1 aromatic heterocycles. The minimum Gasteiger partial charge on any atom is -0.489 e. The number of primary amides is 1. The van der Waals surface area contributed by atoms with Crippen molar-refractivity contribution in [3.63, 3.8) is 0 Å². The average molecular weight is 411 g/mol. The van der Waals surface area contributed by atoms with Gasteiger partial charge in [-0.2, -0.15) is 0 Å². The fraction of sp³-hybridized carbons (Fsp3) is 0.136. The topological polar surface area (TPSA) is 94.3 Å². The summed E-state index contributed by atoms with van der Waals surface area (Å²) in [5.74, 6) is -2.92. The summed E-state index contributed by atoms with van der Waals surface area (Å²) >= 11 is 0. The highest BCUT2D eigenvalue weighted by Gasteiger charge is 2.14. The third-order valence-corrected chi connectivity index (χ3v) is 4.28. The largest absolute Gasteiger partial charge is 0.489 e. The Labute approximate surface area is 171 Å². The number of nitrogens with two attached hydrogens (primary N) is 1. The number of carbonyl (C=O) groups is 2. The fourth-order valence-electron chi connectivity index (χ4n) is 2.75. The Morgan fingerprint density at radius 1 is 1.03 bits per heavy atom. The number of ether oxygens (including phenoxy) is 1. The number of amides is 2. The van der Waals surface area contributed by atoms with Gasteiger partial charge in [-0.1, -0.05) is 18.2 Å². The van der Waals surface area contributed by atoms with E-state index in [0.717, 1.165) is 17.2 Å². The van der Waals surface area contributed by atoms with Gasteiger partial charge in [-0.3, -0.25) is 14.6 Å². The van der Waals surface area contributed by atoms with E-state index in [1.807, 2.05) is 12.1 Å². The summed E-state index contributed by atoms with van der Waals surface area (Å²) in [4.78, 5) is 27.1. The molecule has 0 spiro atoms. The van der Waals surface area contributed by atoms with Crippen LogP contribution in [0.1, 0.15) is 32.0 Å². The van der Waals surface area contributed by atoms with Crippen molar-refractivity contribution in [2.24, 2.45) is 5.73 Å². The van der Waals surface area contributed by atoms with Crippen LogP contribution in [-0.2, 0) is 13.0 Å². The summed E-state index contributed by atoms with van der Waals surface area (Å²) in [7, 11) is 0. The number of benzene rings is 2. The van der Waals surface area contributed by atoms with Gasteiger partial charge in [-0.25, -0.2) is 8.78 Å². The molecule has 0 aliphatic heterocycles. The third-order valence-electron chi connectivity index (χ3n) is 4.28. The summed E-state index contributed by atoms with van der Waals surface area (Å²) in [6, 6.07) is 14.0. The van der Waals surface area contributed by atoms with Crippen LogP contribution in [0.3, 0.4) is 0 Å². The zero-order chi connectivity index (χ0) is 21.5. The first kappa shape index (κ1) is 20.9. The Hall–Kier alpha value is -3.81. The van der Waals surface area contributed by atoms with E-state index in [0.29, 0.717) is 12.2 Å². The number of aromatic nitrogens is 1. The van der Waals surface area contributed by atoms with Crippen molar-refractivity contribution in [1.82, 2.24) is 10.3 Å². The molecular weight excluding hydrogens is 392 g/mol. The number of carbonyl (C=O) groups excluding carboxylic acids is 2. The molecule has 1 heterocycles. The van der Waals surface area contributed by atoms with Crippen molar-refractivity contribution < 1.29 is 23.1 Å². The van der Waals surface area contributed by atoms with Gasteiger partial charge in [0.25, 0.3) is 11.8 Å². The highest BCUT2D eigenvalue weighted by molar-refractivity contribution is 5.94. The molecule has 3 aromatic rings. The summed E-state index contributed by atoms with van der Waals surface area (Å²) in [5, 5.41) is 2.57. The summed E-state index contributed by atoms with van der Waals surface area (Å²) < 4.78 is 32.6. The number of nitrogens with zero attached hydrogens (tertiary/aromatic N) is 1. The van der Waals surface area contributed by atoms with E-state index in [1.54, 1.807) is 24.3 Å². The first-order valence-electron chi connectivity index (χ1n) is 9.12. The van der Waals surface area contributed by atoms with Crippen LogP contribution >= 0.6 is 0 Å². The molecule has 2 amide bonds. The molecule has 3 rings (SSSR count). The number of hydrogen-bond donors (Lipinski definition) is 2. The van der Waals surface area contributed by atoms with E-state index >= 15 is 0 Å². The summed E-state index contributed by atoms with van der Waals surface area (Å²) in [6.45, 7) is 0.465. The normalized spacial score (nSPS) is 10.5. The molecule has 0 aliphatic carbocycles. The molecule has 8 heteroatoms. The van der Waals surface area contributed by atoms with E-state index in [9.17, 15) is 18.4 Å². The van der Waals surface area contributed by atoms with Crippen LogP contribution in [0.25, 0.3) is 0 Å². The summed E-state index contributed by atoms with van der Waals surface area (Å²) in [5.41, 5.74) is 6.68. The molecule has 0 saturated carbocycles. The smallest absolute Gasteiger partial charge is 0.267 e. The van der Waals surface area contributed by atoms with Crippen LogP contribution < -0.4 is 15.8 Å². The molecule has 0 unspecified atom stereocenters. The van der Waals surface area contributed by atoms with Crippen molar-refractivity contribution in [2.45, 2.75) is 13.0 Å². The van der Waals surface area contributed by atoms with Crippen molar-refractivity contribution in [3.05, 3.63) is 94.8 Å². The molecule has 0 bridgehead atoms. The lowest BCUT2D eigenvalue weighted by atomic mass is 10.1. The van der Waals surface area contributed by atoms with Crippen LogP contribution in [0.5, 0.6) is 5.75 Å². The Morgan fingerprint density at radius 3 is 2.63 bits per heavy atom. The van der Waals surface area contributed by atoms with Gasteiger partial charge in [0.1, 0.15) is 18.1 Å². The Balaban J connectivity index is 1.54. The van der Waals surface area contributed by atoms with Gasteiger partial charge in [-0.15, -0.1) is 0 Å². The first-order chi connectivity index (χ1) is 14.4. The van der Waals surface area contributed by atoms with Gasteiger partial charge in [0.15, 0.2) is 11.6 Å². The van der Waals surface area contributed by atoms with E-state index in [1.165, 1.54) is 18.3 Å². The van der Waals surface area contributed by atoms with E-state index in [4.69, 9.17) is 10.5 Å². The predicted octanol–water partition coefficient (Wildman–Crippen LogP) is 3.01. The molecule has 154 valence electrons. The van der Waals surface area contributed by atoms with E-state index in [2.05, 4.69) is 10.3 Å². The second-order valence-corrected chi connectivity index (χ2v) is 6.46. The molecule has 0 aliphatic rings. The minimum atomic E-state index is -1.17. The molecular formula is C22H19F2N3O3. The van der Waals surface area contributed by atoms with Gasteiger partial charge in [-0.05, 0) is 53.9 Å². The highest BCUT2D eigenvalue weighted by atomic mass is 19.2. The molecule has 30 heavy (non-hydrogen) atoms. The number of rotatable bonds is 8. The molecule has 0 radical (unpaired) electrons. The lowest BCUT2D eigenvalue weighted by Crippen LogP contribution is -2.26. The Kier molecular flexibility index (Phi) is 6.69. The zero-order valence-corrected chi connectivity index (χ0v) is 15.9. The van der Waals surface area contributed by atoms with Gasteiger partial charge in [0, 0.05) is 12.7 Å². The number of nitrogens with one attached hydrogen (secondary N) is 1. The van der Waals surface area contributed by atoms with Crippen molar-refractivity contribution in [1.29, 1.82) is 0 Å². The standard InChI is InChI=1S/C22H19F2N3O3/c23-18-6-2-5-17(20(18)24)22(29)27-10-7-14-3-1-4-16(11-14)30-13-15-8-9-26-19(12-15)21(25)28/h1-6,8-9,11-12H,7,10,13H2,(H2,25,28)(H,27,29). The van der Waals surface area contributed by atoms with E-state index < -0.39 is 23.4 Å². The molecule has 6 nitrogen and oxygen atoms in total. The van der Waals surface area contributed by atoms with Gasteiger partial charge >= 0.3 is 0 Å². The first-order valence-corrected chi connectivity index (χ1v) is 9.12. The lowest BCUT2D eigenvalue weighted by Gasteiger charge is -2.10. The summed E-state index contributed by atoms with van der Waals surface area (Å²) in [6.07, 6.45) is 1.96. The quantitative estimate of drug-likeness (QED) is 0.596. The van der Waals surface area contributed by atoms with Crippen molar-refractivity contribution in [3.8, 4) is 5.75 Å². The van der Waals surface area contributed by atoms with Crippen LogP contribution in [0.2, 0.25) is 0 Å². The number of pyridine rings is 1. The van der Waals surface area contributed by atoms with Gasteiger partial charge < -0.3 is 15.8 Å². The van der Waals surface area contributed by atoms with Crippen LogP contribution in [0, 0.1) is 11.6 Å². The van der Waals surface area contributed by atoms with Gasteiger partial charge in [0.2, 0.25) is 0 Å². The predicted molar refractivity (Wildman–Crippen MR) is 106 cm³/mol. The maximum Gasteiger partial charge on any atom is 0.267 e. The molecule has 0 atom stereocenters. The number of hydrogen-bond acceptors (Lipinski definition) is 4. The number of halogens is 2. The van der Waals surface area contributed by atoms with Crippen LogP contribution in [-0.4, -0.2) is 23.3 Å². The third kappa shape index (κ3) is 5.38. The van der Waals surface area contributed by atoms with Crippen LogP contribution in [0.15, 0.2) is 60.8 Å². The monoisotopic (exact) mass is 411 g/mol. The zero-order valence-electron chi connectivity index (χ0n) is 15.9. The Morgan fingerprint density at radius 2 is 1.83 bits per heavy atom. The van der Waals surface area contributed by atoms with E-state index in [-0.39, 0.29) is 24.4 Å². The second kappa shape index (κ2) is 9.60. The highest BCUT2D eigenvalue weighted by Crippen LogP contribution is 2.16. The molecule has 2 aromatic carbocycles. The van der Waals surface area contributed by atoms with Crippen LogP contribution in [0.4, 0.5) is 8.78 Å². The maximum absolute atomic E-state index is 13.7. The van der Waals surface area contributed by atoms with Crippen molar-refractivity contribution in [2.75, 3.05) is 6.54 Å². The maximum atomic E-state index is 13.7. The molecule has 0 fully saturated rings. The fourth-order valence-corrected chi connectivity index (χ4v) is 2.75. The molecule has 3 N–H and O–H groups in total.